The van der Waals surface area contributed by atoms with Crippen LogP contribution in [0.3, 0.4) is 0 Å². The van der Waals surface area contributed by atoms with Crippen LogP contribution in [-0.4, -0.2) is 27.9 Å². The van der Waals surface area contributed by atoms with Crippen molar-refractivity contribution >= 4 is 17.5 Å². The molecule has 1 heterocycles. The summed E-state index contributed by atoms with van der Waals surface area (Å²) < 4.78 is 2.02. The molecule has 0 bridgehead atoms. The number of rotatable bonds is 8. The molecule has 3 rings (SSSR count). The summed E-state index contributed by atoms with van der Waals surface area (Å²) in [5, 5.41) is 5.82. The van der Waals surface area contributed by atoms with Crippen LogP contribution in [0, 0.1) is 11.8 Å². The zero-order chi connectivity index (χ0) is 17.6. The van der Waals surface area contributed by atoms with E-state index < -0.39 is 0 Å². The molecule has 2 atom stereocenters. The molecular formula is C19H24N4O2. The van der Waals surface area contributed by atoms with Crippen LogP contribution in [0.4, 0.5) is 5.69 Å². The van der Waals surface area contributed by atoms with Gasteiger partial charge in [-0.3, -0.25) is 9.59 Å². The van der Waals surface area contributed by atoms with Crippen molar-refractivity contribution in [3.63, 3.8) is 0 Å². The number of benzene rings is 1. The molecule has 0 aliphatic heterocycles. The summed E-state index contributed by atoms with van der Waals surface area (Å²) in [6.45, 7) is 3.60. The highest BCUT2D eigenvalue weighted by atomic mass is 16.2. The average molecular weight is 340 g/mol. The van der Waals surface area contributed by atoms with E-state index in [0.717, 1.165) is 25.8 Å². The van der Waals surface area contributed by atoms with Gasteiger partial charge in [0.1, 0.15) is 0 Å². The van der Waals surface area contributed by atoms with Crippen molar-refractivity contribution < 1.29 is 9.59 Å². The largest absolute Gasteiger partial charge is 0.352 e. The van der Waals surface area contributed by atoms with Gasteiger partial charge >= 0.3 is 0 Å². The molecule has 1 saturated carbocycles. The number of nitrogens with one attached hydrogen (secondary N) is 2. The number of nitrogens with zero attached hydrogens (tertiary/aromatic N) is 2. The molecule has 1 fully saturated rings. The topological polar surface area (TPSA) is 76.0 Å². The molecule has 25 heavy (non-hydrogen) atoms. The van der Waals surface area contributed by atoms with E-state index in [9.17, 15) is 9.59 Å². The van der Waals surface area contributed by atoms with Gasteiger partial charge in [-0.25, -0.2) is 4.98 Å². The first-order valence-electron chi connectivity index (χ1n) is 8.78. The number of amides is 2. The lowest BCUT2D eigenvalue weighted by Crippen LogP contribution is -2.25. The molecule has 6 nitrogen and oxygen atoms in total. The molecule has 1 aliphatic rings. The molecule has 2 N–H and O–H groups in total. The molecule has 1 aromatic carbocycles. The molecule has 6 heteroatoms. The van der Waals surface area contributed by atoms with E-state index in [-0.39, 0.29) is 17.7 Å². The van der Waals surface area contributed by atoms with Crippen molar-refractivity contribution in [2.75, 3.05) is 11.9 Å². The lowest BCUT2D eigenvalue weighted by molar-refractivity contribution is -0.117. The Bertz CT molecular complexity index is 727. The van der Waals surface area contributed by atoms with Crippen molar-refractivity contribution in [2.24, 2.45) is 11.8 Å². The first kappa shape index (κ1) is 17.2. The summed E-state index contributed by atoms with van der Waals surface area (Å²) in [6, 6.07) is 7.09. The third-order valence-corrected chi connectivity index (χ3v) is 4.53. The predicted molar refractivity (Wildman–Crippen MR) is 96.1 cm³/mol. The van der Waals surface area contributed by atoms with E-state index in [1.807, 2.05) is 16.8 Å². The number of imidazole rings is 1. The smallest absolute Gasteiger partial charge is 0.251 e. The van der Waals surface area contributed by atoms with Crippen LogP contribution < -0.4 is 10.6 Å². The van der Waals surface area contributed by atoms with Crippen LogP contribution in [0.25, 0.3) is 0 Å². The summed E-state index contributed by atoms with van der Waals surface area (Å²) in [6.07, 6.45) is 8.32. The van der Waals surface area contributed by atoms with E-state index in [0.29, 0.717) is 23.7 Å². The van der Waals surface area contributed by atoms with Crippen molar-refractivity contribution in [3.8, 4) is 0 Å². The maximum Gasteiger partial charge on any atom is 0.251 e. The maximum absolute atomic E-state index is 12.2. The zero-order valence-electron chi connectivity index (χ0n) is 14.4. The first-order chi connectivity index (χ1) is 12.1. The first-order valence-corrected chi connectivity index (χ1v) is 8.78. The fraction of sp³-hybridized carbons (Fsp3) is 0.421. The highest BCUT2D eigenvalue weighted by Gasteiger charge is 2.39. The van der Waals surface area contributed by atoms with Gasteiger partial charge in [0.15, 0.2) is 0 Å². The van der Waals surface area contributed by atoms with Gasteiger partial charge in [-0.15, -0.1) is 0 Å². The Morgan fingerprint density at radius 2 is 2.16 bits per heavy atom. The van der Waals surface area contributed by atoms with Crippen LogP contribution in [0.2, 0.25) is 0 Å². The van der Waals surface area contributed by atoms with Gasteiger partial charge in [-0.2, -0.15) is 0 Å². The van der Waals surface area contributed by atoms with Crippen molar-refractivity contribution in [1.29, 1.82) is 0 Å². The van der Waals surface area contributed by atoms with Gasteiger partial charge in [-0.05, 0) is 43.4 Å². The van der Waals surface area contributed by atoms with E-state index >= 15 is 0 Å². The fourth-order valence-corrected chi connectivity index (χ4v) is 2.80. The number of anilines is 1. The number of hydrogen-bond donors (Lipinski definition) is 2. The molecule has 1 aromatic heterocycles. The third kappa shape index (κ3) is 4.92. The Morgan fingerprint density at radius 3 is 2.88 bits per heavy atom. The molecular weight excluding hydrogens is 316 g/mol. The Hall–Kier alpha value is -2.63. The van der Waals surface area contributed by atoms with E-state index in [1.165, 1.54) is 0 Å². The minimum atomic E-state index is -0.112. The number of aryl methyl sites for hydroxylation is 1. The number of carbonyl (C=O) groups excluding carboxylic acids is 2. The second-order valence-corrected chi connectivity index (χ2v) is 6.65. The van der Waals surface area contributed by atoms with Gasteiger partial charge in [0, 0.05) is 42.7 Å². The zero-order valence-corrected chi connectivity index (χ0v) is 14.4. The molecule has 0 radical (unpaired) electrons. The summed E-state index contributed by atoms with van der Waals surface area (Å²) in [7, 11) is 0. The average Bonchev–Trinajstić information content (AvgIpc) is 3.12. The van der Waals surface area contributed by atoms with Crippen LogP contribution in [0.5, 0.6) is 0 Å². The summed E-state index contributed by atoms with van der Waals surface area (Å²) in [4.78, 5) is 28.2. The second-order valence-electron chi connectivity index (χ2n) is 6.65. The second kappa shape index (κ2) is 7.96. The van der Waals surface area contributed by atoms with Gasteiger partial charge in [0.05, 0.1) is 6.33 Å². The lowest BCUT2D eigenvalue weighted by Gasteiger charge is -2.08. The Kier molecular flexibility index (Phi) is 5.48. The SMILES string of the molecule is C[C@@H]1C[C@H]1C(=O)Nc1cccc(C(=O)NCCCCn2ccnc2)c1. The summed E-state index contributed by atoms with van der Waals surface area (Å²) in [5.41, 5.74) is 1.24. The number of carbonyl (C=O) groups is 2. The van der Waals surface area contributed by atoms with Crippen LogP contribution in [0.15, 0.2) is 43.0 Å². The standard InChI is InChI=1S/C19H24N4O2/c1-14-11-17(14)19(25)22-16-6-4-5-15(12-16)18(24)21-7-2-3-9-23-10-8-20-13-23/h4-6,8,10,12-14,17H,2-3,7,9,11H2,1H3,(H,21,24)(H,22,25)/t14-,17-/m1/s1. The molecule has 0 unspecified atom stereocenters. The third-order valence-electron chi connectivity index (χ3n) is 4.53. The highest BCUT2D eigenvalue weighted by Crippen LogP contribution is 2.38. The Morgan fingerprint density at radius 1 is 1.32 bits per heavy atom. The normalized spacial score (nSPS) is 18.6. The Balaban J connectivity index is 1.42. The lowest BCUT2D eigenvalue weighted by atomic mass is 10.1. The number of unbranched alkanes of at least 4 members (excludes halogenated alkanes) is 1. The number of hydrogen-bond acceptors (Lipinski definition) is 3. The maximum atomic E-state index is 12.2. The molecule has 1 aliphatic carbocycles. The van der Waals surface area contributed by atoms with E-state index in [1.54, 1.807) is 30.7 Å². The Labute approximate surface area is 147 Å². The monoisotopic (exact) mass is 340 g/mol. The van der Waals surface area contributed by atoms with Crippen LogP contribution in [-0.2, 0) is 11.3 Å². The van der Waals surface area contributed by atoms with Gasteiger partial charge < -0.3 is 15.2 Å². The molecule has 132 valence electrons. The molecule has 2 amide bonds. The van der Waals surface area contributed by atoms with Gasteiger partial charge in [0.25, 0.3) is 5.91 Å². The van der Waals surface area contributed by atoms with Crippen LogP contribution in [0.1, 0.15) is 36.5 Å². The van der Waals surface area contributed by atoms with Crippen molar-refractivity contribution in [1.82, 2.24) is 14.9 Å². The van der Waals surface area contributed by atoms with Crippen molar-refractivity contribution in [3.05, 3.63) is 48.5 Å². The minimum Gasteiger partial charge on any atom is -0.352 e. The van der Waals surface area contributed by atoms with E-state index in [4.69, 9.17) is 0 Å². The summed E-state index contributed by atoms with van der Waals surface area (Å²) >= 11 is 0. The fourth-order valence-electron chi connectivity index (χ4n) is 2.80. The minimum absolute atomic E-state index is 0.0459. The number of aromatic nitrogens is 2. The van der Waals surface area contributed by atoms with E-state index in [2.05, 4.69) is 22.5 Å². The van der Waals surface area contributed by atoms with Gasteiger partial charge in [0.2, 0.25) is 5.91 Å². The highest BCUT2D eigenvalue weighted by molar-refractivity contribution is 5.98. The van der Waals surface area contributed by atoms with Gasteiger partial charge in [-0.1, -0.05) is 13.0 Å². The quantitative estimate of drug-likeness (QED) is 0.726. The van der Waals surface area contributed by atoms with Crippen molar-refractivity contribution in [2.45, 2.75) is 32.7 Å². The molecule has 0 spiro atoms. The predicted octanol–water partition coefficient (Wildman–Crippen LogP) is 2.69. The van der Waals surface area contributed by atoms with Crippen LogP contribution >= 0.6 is 0 Å². The molecule has 0 saturated heterocycles. The summed E-state index contributed by atoms with van der Waals surface area (Å²) in [5.74, 6) is 0.518. The molecule has 2 aromatic rings.